The summed E-state index contributed by atoms with van der Waals surface area (Å²) in [6.45, 7) is 6.65. The maximum absolute atomic E-state index is 6.39. The van der Waals surface area contributed by atoms with Crippen LogP contribution >= 0.6 is 0 Å². The fourth-order valence-corrected chi connectivity index (χ4v) is 3.34. The molecule has 3 aromatic carbocycles. The molecule has 2 N–H and O–H groups in total. The Hall–Kier alpha value is -3.07. The van der Waals surface area contributed by atoms with Gasteiger partial charge in [-0.25, -0.2) is 4.98 Å². The molecule has 0 unspecified atom stereocenters. The Bertz CT molecular complexity index is 1070. The number of nitrogens with two attached hydrogens (primary N) is 1. The van der Waals surface area contributed by atoms with E-state index >= 15 is 0 Å². The fourth-order valence-electron chi connectivity index (χ4n) is 3.34. The summed E-state index contributed by atoms with van der Waals surface area (Å²) in [5.74, 6) is 0. The highest BCUT2D eigenvalue weighted by atomic mass is 15.1. The molecular formula is C23H23N3. The Morgan fingerprint density at radius 1 is 0.885 bits per heavy atom. The van der Waals surface area contributed by atoms with Gasteiger partial charge in [0.2, 0.25) is 0 Å². The first kappa shape index (κ1) is 16.4. The van der Waals surface area contributed by atoms with Gasteiger partial charge in [0.25, 0.3) is 0 Å². The molecule has 130 valence electrons. The van der Waals surface area contributed by atoms with Crippen LogP contribution in [0.3, 0.4) is 0 Å². The van der Waals surface area contributed by atoms with Gasteiger partial charge in [-0.2, -0.15) is 0 Å². The zero-order valence-corrected chi connectivity index (χ0v) is 15.4. The summed E-state index contributed by atoms with van der Waals surface area (Å²) in [7, 11) is 0. The third-order valence-electron chi connectivity index (χ3n) is 4.81. The van der Waals surface area contributed by atoms with Crippen molar-refractivity contribution < 1.29 is 0 Å². The molecule has 4 rings (SSSR count). The monoisotopic (exact) mass is 341 g/mol. The number of rotatable bonds is 2. The number of aromatic nitrogens is 2. The second-order valence-electron chi connectivity index (χ2n) is 7.68. The molecule has 3 nitrogen and oxygen atoms in total. The SMILES string of the molecule is CC(C)(C)c1ccc2c(c1)ncn2-c1c(N)cccc1-c1ccccc1. The van der Waals surface area contributed by atoms with E-state index in [0.717, 1.165) is 33.5 Å². The summed E-state index contributed by atoms with van der Waals surface area (Å²) in [6, 6.07) is 22.9. The van der Waals surface area contributed by atoms with Gasteiger partial charge in [0.05, 0.1) is 22.4 Å². The van der Waals surface area contributed by atoms with E-state index in [1.165, 1.54) is 5.56 Å². The number of para-hydroxylation sites is 1. The fraction of sp³-hybridized carbons (Fsp3) is 0.174. The van der Waals surface area contributed by atoms with Gasteiger partial charge in [-0.15, -0.1) is 0 Å². The van der Waals surface area contributed by atoms with Crippen molar-refractivity contribution in [2.45, 2.75) is 26.2 Å². The van der Waals surface area contributed by atoms with Gasteiger partial charge in [0.1, 0.15) is 6.33 Å². The van der Waals surface area contributed by atoms with Gasteiger partial charge < -0.3 is 5.73 Å². The molecule has 0 amide bonds. The van der Waals surface area contributed by atoms with Crippen LogP contribution in [0.25, 0.3) is 27.8 Å². The van der Waals surface area contributed by atoms with E-state index < -0.39 is 0 Å². The molecule has 4 aromatic rings. The van der Waals surface area contributed by atoms with Crippen LogP contribution in [0.4, 0.5) is 5.69 Å². The van der Waals surface area contributed by atoms with Crippen molar-refractivity contribution in [3.63, 3.8) is 0 Å². The largest absolute Gasteiger partial charge is 0.397 e. The third-order valence-corrected chi connectivity index (χ3v) is 4.81. The molecule has 1 heterocycles. The van der Waals surface area contributed by atoms with Gasteiger partial charge in [0.15, 0.2) is 0 Å². The Morgan fingerprint density at radius 2 is 1.65 bits per heavy atom. The number of hydrogen-bond donors (Lipinski definition) is 1. The summed E-state index contributed by atoms with van der Waals surface area (Å²) in [4.78, 5) is 4.65. The molecule has 0 spiro atoms. The molecule has 0 aliphatic carbocycles. The van der Waals surface area contributed by atoms with Gasteiger partial charge in [-0.05, 0) is 34.7 Å². The van der Waals surface area contributed by atoms with E-state index in [4.69, 9.17) is 5.73 Å². The normalized spacial score (nSPS) is 11.8. The van der Waals surface area contributed by atoms with Gasteiger partial charge >= 0.3 is 0 Å². The van der Waals surface area contributed by atoms with Gasteiger partial charge in [0, 0.05) is 5.56 Å². The maximum Gasteiger partial charge on any atom is 0.100 e. The molecule has 0 bridgehead atoms. The average Bonchev–Trinajstić information content (AvgIpc) is 3.04. The Morgan fingerprint density at radius 3 is 2.38 bits per heavy atom. The van der Waals surface area contributed by atoms with E-state index in [0.29, 0.717) is 0 Å². The van der Waals surface area contributed by atoms with E-state index in [9.17, 15) is 0 Å². The minimum Gasteiger partial charge on any atom is -0.397 e. The second-order valence-corrected chi connectivity index (χ2v) is 7.68. The van der Waals surface area contributed by atoms with Crippen molar-refractivity contribution in [3.05, 3.63) is 78.6 Å². The number of nitrogens with zero attached hydrogens (tertiary/aromatic N) is 2. The number of imidazole rings is 1. The molecule has 0 saturated carbocycles. The predicted molar refractivity (Wildman–Crippen MR) is 110 cm³/mol. The molecule has 1 aromatic heterocycles. The Kier molecular flexibility index (Phi) is 3.80. The molecule has 26 heavy (non-hydrogen) atoms. The Balaban J connectivity index is 1.94. The van der Waals surface area contributed by atoms with Crippen molar-refractivity contribution in [2.75, 3.05) is 5.73 Å². The molecule has 0 radical (unpaired) electrons. The molecular weight excluding hydrogens is 318 g/mol. The topological polar surface area (TPSA) is 43.8 Å². The van der Waals surface area contributed by atoms with E-state index in [-0.39, 0.29) is 5.41 Å². The summed E-state index contributed by atoms with van der Waals surface area (Å²) >= 11 is 0. The molecule has 0 aliphatic rings. The van der Waals surface area contributed by atoms with Gasteiger partial charge in [-0.3, -0.25) is 4.57 Å². The molecule has 3 heteroatoms. The van der Waals surface area contributed by atoms with Gasteiger partial charge in [-0.1, -0.05) is 69.3 Å². The molecule has 0 fully saturated rings. The first-order chi connectivity index (χ1) is 12.4. The van der Waals surface area contributed by atoms with Crippen LogP contribution in [0.5, 0.6) is 0 Å². The lowest BCUT2D eigenvalue weighted by Gasteiger charge is -2.19. The highest BCUT2D eigenvalue weighted by molar-refractivity contribution is 5.86. The van der Waals surface area contributed by atoms with Crippen LogP contribution in [0.15, 0.2) is 73.1 Å². The number of hydrogen-bond acceptors (Lipinski definition) is 2. The lowest BCUT2D eigenvalue weighted by atomic mass is 9.87. The molecule has 0 aliphatic heterocycles. The highest BCUT2D eigenvalue weighted by Gasteiger charge is 2.17. The average molecular weight is 341 g/mol. The second kappa shape index (κ2) is 6.03. The zero-order valence-electron chi connectivity index (χ0n) is 15.4. The highest BCUT2D eigenvalue weighted by Crippen LogP contribution is 2.34. The smallest absolute Gasteiger partial charge is 0.100 e. The van der Waals surface area contributed by atoms with Crippen LogP contribution in [0.2, 0.25) is 0 Å². The standard InChI is InChI=1S/C23H23N3/c1-23(2,3)17-12-13-21-20(14-17)25-15-26(21)22-18(10-7-11-19(22)24)16-8-5-4-6-9-16/h4-15H,24H2,1-3H3. The summed E-state index contributed by atoms with van der Waals surface area (Å²) in [6.07, 6.45) is 1.87. The van der Waals surface area contributed by atoms with E-state index in [2.05, 4.69) is 66.7 Å². The lowest BCUT2D eigenvalue weighted by Crippen LogP contribution is -2.10. The van der Waals surface area contributed by atoms with E-state index in [1.807, 2.05) is 36.7 Å². The predicted octanol–water partition coefficient (Wildman–Crippen LogP) is 5.57. The minimum atomic E-state index is 0.0962. The number of nitrogen functional groups attached to an aromatic ring is 1. The minimum absolute atomic E-state index is 0.0962. The Labute approximate surface area is 154 Å². The van der Waals surface area contributed by atoms with Crippen molar-refractivity contribution >= 4 is 16.7 Å². The molecule has 0 saturated heterocycles. The third kappa shape index (κ3) is 2.76. The molecule has 0 atom stereocenters. The van der Waals surface area contributed by atoms with Crippen LogP contribution in [0.1, 0.15) is 26.3 Å². The summed E-state index contributed by atoms with van der Waals surface area (Å²) < 4.78 is 2.10. The number of benzene rings is 3. The number of anilines is 1. The van der Waals surface area contributed by atoms with Crippen LogP contribution in [-0.4, -0.2) is 9.55 Å². The maximum atomic E-state index is 6.39. The van der Waals surface area contributed by atoms with Crippen molar-refractivity contribution in [3.8, 4) is 16.8 Å². The van der Waals surface area contributed by atoms with Crippen molar-refractivity contribution in [1.29, 1.82) is 0 Å². The summed E-state index contributed by atoms with van der Waals surface area (Å²) in [5.41, 5.74) is 13.8. The zero-order chi connectivity index (χ0) is 18.3. The quantitative estimate of drug-likeness (QED) is 0.484. The first-order valence-electron chi connectivity index (χ1n) is 8.87. The summed E-state index contributed by atoms with van der Waals surface area (Å²) in [5, 5.41) is 0. The van der Waals surface area contributed by atoms with Crippen LogP contribution in [-0.2, 0) is 5.41 Å². The number of fused-ring (bicyclic) bond motifs is 1. The lowest BCUT2D eigenvalue weighted by molar-refractivity contribution is 0.591. The van der Waals surface area contributed by atoms with Crippen LogP contribution in [0, 0.1) is 0 Å². The van der Waals surface area contributed by atoms with Crippen LogP contribution < -0.4 is 5.73 Å². The first-order valence-corrected chi connectivity index (χ1v) is 8.87. The van der Waals surface area contributed by atoms with Crippen molar-refractivity contribution in [2.24, 2.45) is 0 Å². The van der Waals surface area contributed by atoms with Crippen molar-refractivity contribution in [1.82, 2.24) is 9.55 Å². The van der Waals surface area contributed by atoms with E-state index in [1.54, 1.807) is 0 Å².